The summed E-state index contributed by atoms with van der Waals surface area (Å²) in [6, 6.07) is 6.33. The van der Waals surface area contributed by atoms with Gasteiger partial charge in [-0.1, -0.05) is 23.7 Å². The number of ether oxygens (including phenoxy) is 1. The topological polar surface area (TPSA) is 69.4 Å². The van der Waals surface area contributed by atoms with Crippen LogP contribution in [-0.4, -0.2) is 18.5 Å². The van der Waals surface area contributed by atoms with Gasteiger partial charge in [0.1, 0.15) is 0 Å². The van der Waals surface area contributed by atoms with E-state index in [1.54, 1.807) is 31.2 Å². The van der Waals surface area contributed by atoms with Crippen molar-refractivity contribution in [2.24, 2.45) is 5.73 Å². The predicted octanol–water partition coefficient (Wildman–Crippen LogP) is 1.47. The van der Waals surface area contributed by atoms with Crippen LogP contribution in [0.3, 0.4) is 0 Å². The van der Waals surface area contributed by atoms with E-state index in [9.17, 15) is 9.59 Å². The molecule has 16 heavy (non-hydrogen) atoms. The number of primary amides is 1. The van der Waals surface area contributed by atoms with Crippen LogP contribution in [0.4, 0.5) is 0 Å². The van der Waals surface area contributed by atoms with Gasteiger partial charge in [-0.25, -0.2) is 0 Å². The Morgan fingerprint density at radius 3 is 2.38 bits per heavy atom. The second kappa shape index (κ2) is 5.51. The molecule has 0 fully saturated rings. The lowest BCUT2D eigenvalue weighted by atomic mass is 9.99. The lowest BCUT2D eigenvalue weighted by Crippen LogP contribution is -2.29. The third-order valence-electron chi connectivity index (χ3n) is 2.01. The first-order valence-electron chi connectivity index (χ1n) is 4.77. The molecule has 5 heteroatoms. The van der Waals surface area contributed by atoms with E-state index >= 15 is 0 Å². The molecule has 0 spiro atoms. The molecule has 0 aliphatic carbocycles. The summed E-state index contributed by atoms with van der Waals surface area (Å²) < 4.78 is 4.78. The van der Waals surface area contributed by atoms with Gasteiger partial charge in [-0.05, 0) is 24.6 Å². The number of carbonyl (C=O) groups is 2. The molecule has 0 unspecified atom stereocenters. The van der Waals surface area contributed by atoms with Gasteiger partial charge in [0.15, 0.2) is 5.92 Å². The number of hydrogen-bond donors (Lipinski definition) is 1. The van der Waals surface area contributed by atoms with Crippen molar-refractivity contribution in [1.82, 2.24) is 0 Å². The van der Waals surface area contributed by atoms with Gasteiger partial charge in [-0.2, -0.15) is 0 Å². The molecule has 1 amide bonds. The molecule has 1 rings (SSSR count). The first kappa shape index (κ1) is 12.5. The molecule has 0 aliphatic rings. The number of hydrogen-bond acceptors (Lipinski definition) is 3. The van der Waals surface area contributed by atoms with Gasteiger partial charge in [0.25, 0.3) is 0 Å². The summed E-state index contributed by atoms with van der Waals surface area (Å²) in [6.07, 6.45) is 0. The number of carbonyl (C=O) groups excluding carboxylic acids is 2. The highest BCUT2D eigenvalue weighted by atomic mass is 35.5. The zero-order valence-corrected chi connectivity index (χ0v) is 9.53. The molecule has 1 atom stereocenters. The molecule has 0 radical (unpaired) electrons. The van der Waals surface area contributed by atoms with Gasteiger partial charge in [-0.15, -0.1) is 0 Å². The lowest BCUT2D eigenvalue weighted by Gasteiger charge is -2.12. The van der Waals surface area contributed by atoms with Gasteiger partial charge < -0.3 is 10.5 Å². The monoisotopic (exact) mass is 241 g/mol. The van der Waals surface area contributed by atoms with E-state index in [2.05, 4.69) is 0 Å². The van der Waals surface area contributed by atoms with Crippen molar-refractivity contribution >= 4 is 23.5 Å². The van der Waals surface area contributed by atoms with Crippen LogP contribution in [0.5, 0.6) is 0 Å². The fraction of sp³-hybridized carbons (Fsp3) is 0.273. The minimum Gasteiger partial charge on any atom is -0.465 e. The second-order valence-corrected chi connectivity index (χ2v) is 3.58. The molecule has 0 heterocycles. The highest BCUT2D eigenvalue weighted by Crippen LogP contribution is 2.19. The molecule has 0 saturated carbocycles. The average molecular weight is 242 g/mol. The van der Waals surface area contributed by atoms with Crippen molar-refractivity contribution in [2.75, 3.05) is 6.61 Å². The maximum Gasteiger partial charge on any atom is 0.323 e. The Labute approximate surface area is 98.3 Å². The van der Waals surface area contributed by atoms with E-state index in [1.807, 2.05) is 0 Å². The largest absolute Gasteiger partial charge is 0.465 e. The van der Waals surface area contributed by atoms with E-state index in [-0.39, 0.29) is 6.61 Å². The van der Waals surface area contributed by atoms with Crippen molar-refractivity contribution < 1.29 is 14.3 Å². The Kier molecular flexibility index (Phi) is 4.31. The number of esters is 1. The second-order valence-electron chi connectivity index (χ2n) is 3.14. The fourth-order valence-electron chi connectivity index (χ4n) is 1.30. The van der Waals surface area contributed by atoms with Crippen LogP contribution in [0.15, 0.2) is 24.3 Å². The zero-order chi connectivity index (χ0) is 12.1. The maximum atomic E-state index is 11.5. The quantitative estimate of drug-likeness (QED) is 0.641. The van der Waals surface area contributed by atoms with Crippen LogP contribution in [-0.2, 0) is 14.3 Å². The molecule has 1 aromatic carbocycles. The van der Waals surface area contributed by atoms with E-state index in [4.69, 9.17) is 22.1 Å². The van der Waals surface area contributed by atoms with Gasteiger partial charge >= 0.3 is 5.97 Å². The first-order chi connectivity index (χ1) is 7.56. The molecule has 86 valence electrons. The molecular formula is C11H12ClNO3. The number of halogens is 1. The smallest absolute Gasteiger partial charge is 0.323 e. The van der Waals surface area contributed by atoms with Gasteiger partial charge in [0.2, 0.25) is 5.91 Å². The Morgan fingerprint density at radius 2 is 1.94 bits per heavy atom. The number of amides is 1. The van der Waals surface area contributed by atoms with E-state index in [0.717, 1.165) is 0 Å². The fourth-order valence-corrected chi connectivity index (χ4v) is 1.42. The summed E-state index contributed by atoms with van der Waals surface area (Å²) in [5.41, 5.74) is 5.65. The molecule has 2 N–H and O–H groups in total. The molecular weight excluding hydrogens is 230 g/mol. The van der Waals surface area contributed by atoms with Crippen molar-refractivity contribution in [3.05, 3.63) is 34.9 Å². The standard InChI is InChI=1S/C11H12ClNO3/c1-2-16-11(15)9(10(13)14)7-3-5-8(12)6-4-7/h3-6,9H,2H2,1H3,(H2,13,14)/t9-/m1/s1. The average Bonchev–Trinajstić information content (AvgIpc) is 2.21. The molecule has 4 nitrogen and oxygen atoms in total. The Balaban J connectivity index is 2.98. The third-order valence-corrected chi connectivity index (χ3v) is 2.26. The van der Waals surface area contributed by atoms with E-state index < -0.39 is 17.8 Å². The van der Waals surface area contributed by atoms with Crippen LogP contribution >= 0.6 is 11.6 Å². The maximum absolute atomic E-state index is 11.5. The van der Waals surface area contributed by atoms with Crippen LogP contribution in [0.1, 0.15) is 18.4 Å². The summed E-state index contributed by atoms with van der Waals surface area (Å²) in [4.78, 5) is 22.7. The molecule has 0 bridgehead atoms. The van der Waals surface area contributed by atoms with Crippen LogP contribution < -0.4 is 5.73 Å². The number of nitrogens with two attached hydrogens (primary N) is 1. The molecule has 1 aromatic rings. The summed E-state index contributed by atoms with van der Waals surface area (Å²) in [5, 5.41) is 0.524. The number of benzene rings is 1. The molecule has 0 saturated heterocycles. The lowest BCUT2D eigenvalue weighted by molar-refractivity contribution is -0.147. The SMILES string of the molecule is CCOC(=O)[C@@H](C(N)=O)c1ccc(Cl)cc1. The normalized spacial score (nSPS) is 11.9. The zero-order valence-electron chi connectivity index (χ0n) is 8.77. The van der Waals surface area contributed by atoms with Crippen molar-refractivity contribution in [2.45, 2.75) is 12.8 Å². The van der Waals surface area contributed by atoms with E-state index in [0.29, 0.717) is 10.6 Å². The molecule has 0 aliphatic heterocycles. The Morgan fingerprint density at radius 1 is 1.38 bits per heavy atom. The summed E-state index contributed by atoms with van der Waals surface area (Å²) in [7, 11) is 0. The van der Waals surface area contributed by atoms with Crippen molar-refractivity contribution in [3.8, 4) is 0 Å². The number of rotatable bonds is 4. The van der Waals surface area contributed by atoms with Gasteiger partial charge in [-0.3, -0.25) is 9.59 Å². The highest BCUT2D eigenvalue weighted by Gasteiger charge is 2.27. The summed E-state index contributed by atoms with van der Waals surface area (Å²) in [5.74, 6) is -2.45. The van der Waals surface area contributed by atoms with Crippen molar-refractivity contribution in [1.29, 1.82) is 0 Å². The third kappa shape index (κ3) is 2.97. The van der Waals surface area contributed by atoms with Crippen molar-refractivity contribution in [3.63, 3.8) is 0 Å². The van der Waals surface area contributed by atoms with E-state index in [1.165, 1.54) is 0 Å². The minimum absolute atomic E-state index is 0.205. The highest BCUT2D eigenvalue weighted by molar-refractivity contribution is 6.30. The van der Waals surface area contributed by atoms with Crippen LogP contribution in [0.25, 0.3) is 0 Å². The predicted molar refractivity (Wildman–Crippen MR) is 60.0 cm³/mol. The molecule has 0 aromatic heterocycles. The van der Waals surface area contributed by atoms with Crippen LogP contribution in [0.2, 0.25) is 5.02 Å². The van der Waals surface area contributed by atoms with Gasteiger partial charge in [0.05, 0.1) is 6.61 Å². The summed E-state index contributed by atoms with van der Waals surface area (Å²) in [6.45, 7) is 1.87. The van der Waals surface area contributed by atoms with Gasteiger partial charge in [0, 0.05) is 5.02 Å². The summed E-state index contributed by atoms with van der Waals surface area (Å²) >= 11 is 5.70. The Bertz CT molecular complexity index is 389. The Hall–Kier alpha value is -1.55. The first-order valence-corrected chi connectivity index (χ1v) is 5.15. The minimum atomic E-state index is -1.07. The van der Waals surface area contributed by atoms with Crippen LogP contribution in [0, 0.1) is 0 Å².